The number of hydrogen-bond donors (Lipinski definition) is 3. The molecule has 0 fully saturated rings. The molecule has 3 N–H and O–H groups in total. The molecule has 0 rings (SSSR count). The Kier molecular flexibility index (Phi) is 7.57. The van der Waals surface area contributed by atoms with E-state index in [1.165, 1.54) is 0 Å². The molecule has 0 aliphatic heterocycles. The third kappa shape index (κ3) is 5.14. The Hall–Kier alpha value is -1.96. The van der Waals surface area contributed by atoms with Crippen LogP contribution in [0.5, 0.6) is 0 Å². The first-order chi connectivity index (χ1) is 9.69. The molecule has 2 atom stereocenters. The van der Waals surface area contributed by atoms with Crippen LogP contribution in [-0.2, 0) is 23.9 Å². The van der Waals surface area contributed by atoms with Gasteiger partial charge >= 0.3 is 17.9 Å². The van der Waals surface area contributed by atoms with Gasteiger partial charge in [0.15, 0.2) is 11.5 Å². The molecular weight excluding hydrogens is 284 g/mol. The van der Waals surface area contributed by atoms with E-state index in [1.807, 2.05) is 6.92 Å². The Morgan fingerprint density at radius 3 is 2.00 bits per heavy atom. The van der Waals surface area contributed by atoms with Gasteiger partial charge in [0.2, 0.25) is 0 Å². The van der Waals surface area contributed by atoms with Crippen LogP contribution in [0.15, 0.2) is 0 Å². The molecule has 0 saturated heterocycles. The van der Waals surface area contributed by atoms with Crippen molar-refractivity contribution in [3.8, 4) is 0 Å². The zero-order chi connectivity index (χ0) is 16.6. The molecule has 0 amide bonds. The van der Waals surface area contributed by atoms with Crippen molar-refractivity contribution in [1.29, 1.82) is 0 Å². The SMILES string of the molecule is CCCCCOC(CC(=O)O)(C(=O)O)C(C(C)=O)C(=O)O. The topological polar surface area (TPSA) is 138 Å². The van der Waals surface area contributed by atoms with Gasteiger partial charge in [0.1, 0.15) is 5.78 Å². The van der Waals surface area contributed by atoms with Crippen LogP contribution in [0.25, 0.3) is 0 Å². The maximum Gasteiger partial charge on any atom is 0.337 e. The number of carboxylic acid groups (broad SMARTS) is 3. The van der Waals surface area contributed by atoms with E-state index >= 15 is 0 Å². The van der Waals surface area contributed by atoms with Crippen LogP contribution in [0, 0.1) is 5.92 Å². The number of ether oxygens (including phenoxy) is 1. The molecule has 21 heavy (non-hydrogen) atoms. The zero-order valence-electron chi connectivity index (χ0n) is 12.0. The summed E-state index contributed by atoms with van der Waals surface area (Å²) in [6, 6.07) is 0. The van der Waals surface area contributed by atoms with Gasteiger partial charge in [0, 0.05) is 6.61 Å². The molecule has 8 nitrogen and oxygen atoms in total. The number of Topliss-reactive ketones (excluding diaryl/α,β-unsaturated/α-hetero) is 1. The van der Waals surface area contributed by atoms with E-state index in [4.69, 9.17) is 14.9 Å². The molecule has 0 bridgehead atoms. The fraction of sp³-hybridized carbons (Fsp3) is 0.692. The maximum atomic E-state index is 11.5. The average Bonchev–Trinajstić information content (AvgIpc) is 2.32. The molecule has 0 aromatic carbocycles. The van der Waals surface area contributed by atoms with E-state index in [0.717, 1.165) is 13.3 Å². The summed E-state index contributed by atoms with van der Waals surface area (Å²) in [6.07, 6.45) is 0.860. The van der Waals surface area contributed by atoms with Gasteiger partial charge in [-0.15, -0.1) is 0 Å². The van der Waals surface area contributed by atoms with Gasteiger partial charge in [-0.2, -0.15) is 0 Å². The quantitative estimate of drug-likeness (QED) is 0.376. The second kappa shape index (κ2) is 8.35. The third-order valence-electron chi connectivity index (χ3n) is 3.00. The van der Waals surface area contributed by atoms with Crippen LogP contribution < -0.4 is 0 Å². The standard InChI is InChI=1S/C13H20O8/c1-3-4-5-6-21-13(12(19)20,7-9(15)16)10(8(2)14)11(17)18/h10H,3-7H2,1-2H3,(H,15,16)(H,17,18)(H,19,20). The summed E-state index contributed by atoms with van der Waals surface area (Å²) in [4.78, 5) is 45.1. The van der Waals surface area contributed by atoms with Gasteiger partial charge in [-0.25, -0.2) is 4.79 Å². The Labute approximate surface area is 121 Å². The van der Waals surface area contributed by atoms with Crippen molar-refractivity contribution >= 4 is 23.7 Å². The minimum Gasteiger partial charge on any atom is -0.481 e. The summed E-state index contributed by atoms with van der Waals surface area (Å²) in [6.45, 7) is 2.66. The summed E-state index contributed by atoms with van der Waals surface area (Å²) in [5.41, 5.74) is -2.60. The first-order valence-corrected chi connectivity index (χ1v) is 6.51. The minimum atomic E-state index is -2.60. The van der Waals surface area contributed by atoms with E-state index < -0.39 is 41.6 Å². The molecule has 0 aliphatic rings. The molecule has 120 valence electrons. The summed E-state index contributed by atoms with van der Waals surface area (Å²) in [5, 5.41) is 27.2. The number of carbonyl (C=O) groups excluding carboxylic acids is 1. The number of ketones is 1. The maximum absolute atomic E-state index is 11.5. The monoisotopic (exact) mass is 304 g/mol. The highest BCUT2D eigenvalue weighted by Gasteiger charge is 2.55. The lowest BCUT2D eigenvalue weighted by molar-refractivity contribution is -0.189. The lowest BCUT2D eigenvalue weighted by atomic mass is 9.81. The number of rotatable bonds is 11. The van der Waals surface area contributed by atoms with E-state index in [9.17, 15) is 24.3 Å². The van der Waals surface area contributed by atoms with E-state index in [1.54, 1.807) is 0 Å². The van der Waals surface area contributed by atoms with E-state index in [-0.39, 0.29) is 6.61 Å². The summed E-state index contributed by atoms with van der Waals surface area (Å²) in [7, 11) is 0. The summed E-state index contributed by atoms with van der Waals surface area (Å²) in [5.74, 6) is -8.10. The molecule has 0 spiro atoms. The Morgan fingerprint density at radius 1 is 1.10 bits per heavy atom. The second-order valence-electron chi connectivity index (χ2n) is 4.70. The van der Waals surface area contributed by atoms with Crippen molar-refractivity contribution in [3.05, 3.63) is 0 Å². The van der Waals surface area contributed by atoms with Gasteiger partial charge in [-0.3, -0.25) is 14.4 Å². The molecule has 0 aromatic heterocycles. The Morgan fingerprint density at radius 2 is 1.67 bits per heavy atom. The van der Waals surface area contributed by atoms with Crippen LogP contribution in [0.3, 0.4) is 0 Å². The Bertz CT molecular complexity index is 402. The molecular formula is C13H20O8. The van der Waals surface area contributed by atoms with Crippen molar-refractivity contribution in [2.24, 2.45) is 5.92 Å². The van der Waals surface area contributed by atoms with Gasteiger partial charge in [-0.05, 0) is 13.3 Å². The van der Waals surface area contributed by atoms with Crippen molar-refractivity contribution in [2.45, 2.75) is 45.1 Å². The lowest BCUT2D eigenvalue weighted by Crippen LogP contribution is -2.55. The van der Waals surface area contributed by atoms with Crippen LogP contribution in [0.4, 0.5) is 0 Å². The van der Waals surface area contributed by atoms with Crippen LogP contribution in [0.2, 0.25) is 0 Å². The van der Waals surface area contributed by atoms with Gasteiger partial charge in [0.25, 0.3) is 0 Å². The van der Waals surface area contributed by atoms with E-state index in [0.29, 0.717) is 12.8 Å². The number of carbonyl (C=O) groups is 4. The molecule has 0 radical (unpaired) electrons. The third-order valence-corrected chi connectivity index (χ3v) is 3.00. The molecule has 0 saturated carbocycles. The fourth-order valence-electron chi connectivity index (χ4n) is 2.03. The average molecular weight is 304 g/mol. The summed E-state index contributed by atoms with van der Waals surface area (Å²) < 4.78 is 5.11. The van der Waals surface area contributed by atoms with Gasteiger partial charge in [-0.1, -0.05) is 19.8 Å². The highest BCUT2D eigenvalue weighted by atomic mass is 16.5. The lowest BCUT2D eigenvalue weighted by Gasteiger charge is -2.32. The second-order valence-corrected chi connectivity index (χ2v) is 4.70. The number of hydrogen-bond acceptors (Lipinski definition) is 5. The number of carboxylic acids is 3. The van der Waals surface area contributed by atoms with Crippen molar-refractivity contribution < 1.29 is 39.2 Å². The molecule has 0 heterocycles. The predicted molar refractivity (Wildman–Crippen MR) is 69.9 cm³/mol. The number of aliphatic carboxylic acids is 3. The largest absolute Gasteiger partial charge is 0.481 e. The zero-order valence-corrected chi connectivity index (χ0v) is 12.0. The van der Waals surface area contributed by atoms with Crippen LogP contribution in [-0.4, -0.2) is 51.2 Å². The van der Waals surface area contributed by atoms with Crippen LogP contribution in [0.1, 0.15) is 39.5 Å². The normalized spacial score (nSPS) is 15.0. The number of unbranched alkanes of at least 4 members (excludes halogenated alkanes) is 2. The smallest absolute Gasteiger partial charge is 0.337 e. The van der Waals surface area contributed by atoms with Crippen molar-refractivity contribution in [2.75, 3.05) is 6.61 Å². The van der Waals surface area contributed by atoms with Gasteiger partial charge in [0.05, 0.1) is 6.42 Å². The molecule has 0 aromatic rings. The first-order valence-electron chi connectivity index (χ1n) is 6.51. The molecule has 0 aliphatic carbocycles. The van der Waals surface area contributed by atoms with E-state index in [2.05, 4.69) is 0 Å². The van der Waals surface area contributed by atoms with Crippen molar-refractivity contribution in [1.82, 2.24) is 0 Å². The molecule has 2 unspecified atom stereocenters. The molecule has 8 heteroatoms. The predicted octanol–water partition coefficient (Wildman–Crippen LogP) is 0.781. The first kappa shape index (κ1) is 19.0. The highest BCUT2D eigenvalue weighted by molar-refractivity contribution is 6.04. The highest BCUT2D eigenvalue weighted by Crippen LogP contribution is 2.29. The Balaban J connectivity index is 5.55. The summed E-state index contributed by atoms with van der Waals surface area (Å²) >= 11 is 0. The minimum absolute atomic E-state index is 0.134. The van der Waals surface area contributed by atoms with Gasteiger partial charge < -0.3 is 20.1 Å². The fourth-order valence-corrected chi connectivity index (χ4v) is 2.03. The van der Waals surface area contributed by atoms with Crippen LogP contribution >= 0.6 is 0 Å². The van der Waals surface area contributed by atoms with Crippen molar-refractivity contribution in [3.63, 3.8) is 0 Å².